The number of benzene rings is 1. The molecule has 0 N–H and O–H groups in total. The molecule has 1 aromatic rings. The van der Waals surface area contributed by atoms with Gasteiger partial charge in [-0.2, -0.15) is 0 Å². The number of carbonyl (C=O) groups is 1. The number of rotatable bonds is 4. The van der Waals surface area contributed by atoms with Crippen LogP contribution in [-0.2, 0) is 4.79 Å². The van der Waals surface area contributed by atoms with E-state index in [0.717, 1.165) is 0 Å². The number of halogens is 2. The van der Waals surface area contributed by atoms with E-state index in [1.54, 1.807) is 18.2 Å². The number of hydrogen-bond donors (Lipinski definition) is 0. The first kappa shape index (κ1) is 13.3. The molecule has 2 atom stereocenters. The lowest BCUT2D eigenvalue weighted by atomic mass is 9.72. The third-order valence-electron chi connectivity index (χ3n) is 3.31. The van der Waals surface area contributed by atoms with Crippen molar-refractivity contribution in [2.24, 2.45) is 5.92 Å². The Bertz CT molecular complexity index is 504. The van der Waals surface area contributed by atoms with E-state index in [9.17, 15) is 14.9 Å². The summed E-state index contributed by atoms with van der Waals surface area (Å²) in [4.78, 5) is 21.8. The summed E-state index contributed by atoms with van der Waals surface area (Å²) in [5, 5.41) is 11.6. The minimum atomic E-state index is -0.453. The van der Waals surface area contributed by atoms with E-state index in [2.05, 4.69) is 0 Å². The molecule has 1 aromatic carbocycles. The molecule has 1 saturated carbocycles. The van der Waals surface area contributed by atoms with Crippen LogP contribution in [0.3, 0.4) is 0 Å². The van der Waals surface area contributed by atoms with Crippen molar-refractivity contribution in [2.75, 3.05) is 6.54 Å². The van der Waals surface area contributed by atoms with E-state index in [0.29, 0.717) is 28.5 Å². The summed E-state index contributed by atoms with van der Waals surface area (Å²) in [5.41, 5.74) is 0.635. The van der Waals surface area contributed by atoms with Crippen molar-refractivity contribution in [3.05, 3.63) is 43.9 Å². The lowest BCUT2D eigenvalue weighted by Gasteiger charge is -2.30. The zero-order chi connectivity index (χ0) is 13.3. The topological polar surface area (TPSA) is 60.2 Å². The molecule has 1 aliphatic carbocycles. The van der Waals surface area contributed by atoms with Crippen LogP contribution >= 0.6 is 23.2 Å². The van der Waals surface area contributed by atoms with Gasteiger partial charge in [0.25, 0.3) is 0 Å². The highest BCUT2D eigenvalue weighted by molar-refractivity contribution is 6.35. The monoisotopic (exact) mass is 287 g/mol. The SMILES string of the molecule is O=C1CC[C@H]1[C@@H](C[N+](=O)[O-])c1ccc(Cl)cc1Cl. The van der Waals surface area contributed by atoms with E-state index in [4.69, 9.17) is 23.2 Å². The first-order valence-electron chi connectivity index (χ1n) is 5.58. The molecule has 0 aliphatic heterocycles. The first-order valence-corrected chi connectivity index (χ1v) is 6.34. The summed E-state index contributed by atoms with van der Waals surface area (Å²) in [7, 11) is 0. The molecular weight excluding hydrogens is 277 g/mol. The standard InChI is InChI=1S/C12H11Cl2NO3/c13-7-1-2-8(11(14)5-7)10(6-15(17)18)9-3-4-12(9)16/h1-2,5,9-10H,3-4,6H2/t9-,10-/m0/s1. The highest BCUT2D eigenvalue weighted by atomic mass is 35.5. The Morgan fingerprint density at radius 2 is 2.17 bits per heavy atom. The lowest BCUT2D eigenvalue weighted by Crippen LogP contribution is -2.35. The molecule has 6 heteroatoms. The van der Waals surface area contributed by atoms with Crippen LogP contribution in [0.5, 0.6) is 0 Å². The van der Waals surface area contributed by atoms with E-state index < -0.39 is 10.8 Å². The minimum absolute atomic E-state index is 0.0767. The Labute approximate surface area is 114 Å². The predicted molar refractivity (Wildman–Crippen MR) is 68.8 cm³/mol. The molecule has 0 unspecified atom stereocenters. The first-order chi connectivity index (χ1) is 8.49. The van der Waals surface area contributed by atoms with Crippen LogP contribution in [0.4, 0.5) is 0 Å². The summed E-state index contributed by atoms with van der Waals surface area (Å²) in [6.07, 6.45) is 1.19. The van der Waals surface area contributed by atoms with Crippen LogP contribution in [0.2, 0.25) is 10.0 Å². The number of nitrogens with zero attached hydrogens (tertiary/aromatic N) is 1. The number of carbonyl (C=O) groups excluding carboxylic acids is 1. The van der Waals surface area contributed by atoms with Gasteiger partial charge in [0.15, 0.2) is 0 Å². The minimum Gasteiger partial charge on any atom is -0.299 e. The van der Waals surface area contributed by atoms with Crippen LogP contribution in [0, 0.1) is 16.0 Å². The summed E-state index contributed by atoms with van der Waals surface area (Å²) >= 11 is 11.9. The van der Waals surface area contributed by atoms with Gasteiger partial charge in [-0.25, -0.2) is 0 Å². The van der Waals surface area contributed by atoms with Gasteiger partial charge in [0, 0.05) is 27.3 Å². The van der Waals surface area contributed by atoms with Crippen molar-refractivity contribution >= 4 is 29.0 Å². The second-order valence-corrected chi connectivity index (χ2v) is 5.24. The molecule has 0 amide bonds. The third kappa shape index (κ3) is 2.65. The van der Waals surface area contributed by atoms with Gasteiger partial charge in [0.2, 0.25) is 6.54 Å². The molecule has 0 radical (unpaired) electrons. The van der Waals surface area contributed by atoms with Gasteiger partial charge in [0.05, 0.1) is 5.92 Å². The molecule has 2 rings (SSSR count). The summed E-state index contributed by atoms with van der Waals surface area (Å²) in [6.45, 7) is -0.280. The number of ketones is 1. The van der Waals surface area contributed by atoms with Crippen LogP contribution in [0.15, 0.2) is 18.2 Å². The van der Waals surface area contributed by atoms with Gasteiger partial charge in [-0.1, -0.05) is 29.3 Å². The van der Waals surface area contributed by atoms with Crippen molar-refractivity contribution in [1.29, 1.82) is 0 Å². The van der Waals surface area contributed by atoms with Gasteiger partial charge < -0.3 is 0 Å². The van der Waals surface area contributed by atoms with Crippen molar-refractivity contribution in [3.63, 3.8) is 0 Å². The maximum absolute atomic E-state index is 11.5. The third-order valence-corrected chi connectivity index (χ3v) is 3.87. The molecule has 1 aliphatic rings. The molecule has 0 saturated heterocycles. The molecule has 1 fully saturated rings. The van der Waals surface area contributed by atoms with Crippen molar-refractivity contribution in [1.82, 2.24) is 0 Å². The molecule has 0 aromatic heterocycles. The number of Topliss-reactive ketones (excluding diaryl/α,β-unsaturated/α-hetero) is 1. The van der Waals surface area contributed by atoms with Crippen LogP contribution < -0.4 is 0 Å². The van der Waals surface area contributed by atoms with E-state index in [1.807, 2.05) is 0 Å². The Kier molecular flexibility index (Phi) is 3.88. The Morgan fingerprint density at radius 3 is 2.61 bits per heavy atom. The maximum Gasteiger partial charge on any atom is 0.211 e. The average molecular weight is 288 g/mol. The predicted octanol–water partition coefficient (Wildman–Crippen LogP) is 3.33. The summed E-state index contributed by atoms with van der Waals surface area (Å²) < 4.78 is 0. The van der Waals surface area contributed by atoms with Crippen LogP contribution in [0.1, 0.15) is 24.3 Å². The maximum atomic E-state index is 11.5. The number of hydrogen-bond acceptors (Lipinski definition) is 3. The second kappa shape index (κ2) is 5.24. The fourth-order valence-electron chi connectivity index (χ4n) is 2.26. The largest absolute Gasteiger partial charge is 0.299 e. The zero-order valence-electron chi connectivity index (χ0n) is 9.44. The molecule has 0 spiro atoms. The molecule has 4 nitrogen and oxygen atoms in total. The van der Waals surface area contributed by atoms with Gasteiger partial charge in [-0.15, -0.1) is 0 Å². The Morgan fingerprint density at radius 1 is 1.44 bits per heavy atom. The van der Waals surface area contributed by atoms with Crippen LogP contribution in [-0.4, -0.2) is 17.3 Å². The number of nitro groups is 1. The molecule has 0 heterocycles. The van der Waals surface area contributed by atoms with E-state index in [-0.39, 0.29) is 18.2 Å². The van der Waals surface area contributed by atoms with Crippen molar-refractivity contribution < 1.29 is 9.72 Å². The quantitative estimate of drug-likeness (QED) is 0.630. The normalized spacial score (nSPS) is 20.3. The van der Waals surface area contributed by atoms with Crippen molar-refractivity contribution in [3.8, 4) is 0 Å². The molecular formula is C12H11Cl2NO3. The molecule has 18 heavy (non-hydrogen) atoms. The van der Waals surface area contributed by atoms with Crippen LogP contribution in [0.25, 0.3) is 0 Å². The molecule has 0 bridgehead atoms. The Balaban J connectivity index is 2.32. The van der Waals surface area contributed by atoms with Gasteiger partial charge in [-0.05, 0) is 24.1 Å². The lowest BCUT2D eigenvalue weighted by molar-refractivity contribution is -0.484. The average Bonchev–Trinajstić information content (AvgIpc) is 2.25. The summed E-state index contributed by atoms with van der Waals surface area (Å²) in [5.74, 6) is -0.659. The fourth-order valence-corrected chi connectivity index (χ4v) is 2.81. The van der Waals surface area contributed by atoms with Gasteiger partial charge in [-0.3, -0.25) is 14.9 Å². The zero-order valence-corrected chi connectivity index (χ0v) is 10.9. The second-order valence-electron chi connectivity index (χ2n) is 4.40. The van der Waals surface area contributed by atoms with E-state index in [1.165, 1.54) is 0 Å². The van der Waals surface area contributed by atoms with Gasteiger partial charge in [0.1, 0.15) is 5.78 Å². The Hall–Kier alpha value is -1.13. The highest BCUT2D eigenvalue weighted by Gasteiger charge is 2.39. The van der Waals surface area contributed by atoms with Crippen molar-refractivity contribution in [2.45, 2.75) is 18.8 Å². The molecule has 96 valence electrons. The summed E-state index contributed by atoms with van der Waals surface area (Å²) in [6, 6.07) is 4.86. The smallest absolute Gasteiger partial charge is 0.211 e. The van der Waals surface area contributed by atoms with Gasteiger partial charge >= 0.3 is 0 Å². The van der Waals surface area contributed by atoms with E-state index >= 15 is 0 Å². The fraction of sp³-hybridized carbons (Fsp3) is 0.417. The highest BCUT2D eigenvalue weighted by Crippen LogP contribution is 2.39.